The van der Waals surface area contributed by atoms with Gasteiger partial charge in [0, 0.05) is 12.0 Å². The number of rotatable bonds is 6. The summed E-state index contributed by atoms with van der Waals surface area (Å²) >= 11 is 1.30. The van der Waals surface area contributed by atoms with E-state index in [1.807, 2.05) is 0 Å². The first-order chi connectivity index (χ1) is 12.1. The summed E-state index contributed by atoms with van der Waals surface area (Å²) in [7, 11) is 1.35. The monoisotopic (exact) mass is 363 g/mol. The van der Waals surface area contributed by atoms with Gasteiger partial charge < -0.3 is 10.1 Å². The number of hydrogen-bond acceptors (Lipinski definition) is 6. The normalized spacial score (nSPS) is 18.0. The number of aromatic nitrogens is 2. The van der Waals surface area contributed by atoms with Crippen LogP contribution in [-0.4, -0.2) is 40.7 Å². The van der Waals surface area contributed by atoms with Gasteiger partial charge in [0.2, 0.25) is 5.91 Å². The first-order valence-electron chi connectivity index (χ1n) is 8.97. The Bertz CT molecular complexity index is 655. The van der Waals surface area contributed by atoms with E-state index in [0.717, 1.165) is 31.5 Å². The van der Waals surface area contributed by atoms with Crippen LogP contribution < -0.4 is 5.32 Å². The van der Waals surface area contributed by atoms with Crippen LogP contribution in [-0.2, 0) is 9.53 Å². The predicted molar refractivity (Wildman–Crippen MR) is 95.8 cm³/mol. The molecule has 1 N–H and O–H groups in total. The van der Waals surface area contributed by atoms with Crippen LogP contribution in [0.15, 0.2) is 5.03 Å². The van der Waals surface area contributed by atoms with Gasteiger partial charge in [-0.2, -0.15) is 0 Å². The van der Waals surface area contributed by atoms with Crippen molar-refractivity contribution in [1.29, 1.82) is 0 Å². The van der Waals surface area contributed by atoms with Crippen molar-refractivity contribution < 1.29 is 14.3 Å². The van der Waals surface area contributed by atoms with Gasteiger partial charge >= 0.3 is 5.97 Å². The van der Waals surface area contributed by atoms with Gasteiger partial charge in [0.25, 0.3) is 0 Å². The predicted octanol–water partition coefficient (Wildman–Crippen LogP) is 2.99. The van der Waals surface area contributed by atoms with E-state index in [0.29, 0.717) is 22.2 Å². The van der Waals surface area contributed by atoms with E-state index in [2.05, 4.69) is 15.3 Å². The Hall–Kier alpha value is -1.63. The lowest BCUT2D eigenvalue weighted by atomic mass is 9.95. The second kappa shape index (κ2) is 8.17. The molecule has 0 bridgehead atoms. The molecule has 2 aliphatic carbocycles. The number of amides is 1. The average molecular weight is 363 g/mol. The summed E-state index contributed by atoms with van der Waals surface area (Å²) in [5.74, 6) is 0.967. The zero-order valence-electron chi connectivity index (χ0n) is 14.8. The SMILES string of the molecule is COC(=O)c1c(C)nc(C2CC2)nc1SCC(=O)NC1CCCCC1. The molecule has 1 aromatic heterocycles. The Balaban J connectivity index is 1.69. The van der Waals surface area contributed by atoms with Crippen LogP contribution in [0, 0.1) is 6.92 Å². The molecule has 25 heavy (non-hydrogen) atoms. The van der Waals surface area contributed by atoms with Crippen molar-refractivity contribution in [3.8, 4) is 0 Å². The van der Waals surface area contributed by atoms with Crippen molar-refractivity contribution >= 4 is 23.6 Å². The summed E-state index contributed by atoms with van der Waals surface area (Å²) in [6.45, 7) is 1.80. The molecule has 0 aliphatic heterocycles. The number of nitrogens with one attached hydrogen (secondary N) is 1. The first kappa shape index (κ1) is 18.2. The maximum atomic E-state index is 12.3. The number of methoxy groups -OCH3 is 1. The minimum atomic E-state index is -0.449. The molecule has 1 heterocycles. The summed E-state index contributed by atoms with van der Waals surface area (Å²) in [4.78, 5) is 33.4. The fourth-order valence-electron chi connectivity index (χ4n) is 3.18. The Labute approximate surface area is 152 Å². The molecule has 2 saturated carbocycles. The van der Waals surface area contributed by atoms with Crippen LogP contribution in [0.1, 0.15) is 72.7 Å². The highest BCUT2D eigenvalue weighted by molar-refractivity contribution is 8.00. The molecular weight excluding hydrogens is 338 g/mol. The van der Waals surface area contributed by atoms with Crippen LogP contribution in [0.25, 0.3) is 0 Å². The van der Waals surface area contributed by atoms with Crippen molar-refractivity contribution in [2.24, 2.45) is 0 Å². The van der Waals surface area contributed by atoms with Gasteiger partial charge in [0.15, 0.2) is 0 Å². The summed E-state index contributed by atoms with van der Waals surface area (Å²) < 4.78 is 4.87. The molecule has 0 radical (unpaired) electrons. The van der Waals surface area contributed by atoms with Crippen LogP contribution in [0.5, 0.6) is 0 Å². The Morgan fingerprint density at radius 2 is 1.88 bits per heavy atom. The molecule has 6 nitrogen and oxygen atoms in total. The summed E-state index contributed by atoms with van der Waals surface area (Å²) in [5, 5.41) is 3.65. The zero-order chi connectivity index (χ0) is 17.8. The quantitative estimate of drug-likeness (QED) is 0.475. The van der Waals surface area contributed by atoms with Crippen molar-refractivity contribution in [2.45, 2.75) is 68.9 Å². The number of aryl methyl sites for hydroxylation is 1. The molecule has 2 fully saturated rings. The summed E-state index contributed by atoms with van der Waals surface area (Å²) in [6.07, 6.45) is 7.91. The molecule has 1 aromatic rings. The minimum Gasteiger partial charge on any atom is -0.465 e. The van der Waals surface area contributed by atoms with E-state index in [1.165, 1.54) is 38.1 Å². The van der Waals surface area contributed by atoms with Crippen molar-refractivity contribution in [3.63, 3.8) is 0 Å². The molecular formula is C18H25N3O3S. The highest BCUT2D eigenvalue weighted by Crippen LogP contribution is 2.39. The minimum absolute atomic E-state index is 0.00282. The Morgan fingerprint density at radius 1 is 1.16 bits per heavy atom. The molecule has 1 amide bonds. The zero-order valence-corrected chi connectivity index (χ0v) is 15.7. The van der Waals surface area contributed by atoms with Gasteiger partial charge in [0.1, 0.15) is 16.4 Å². The van der Waals surface area contributed by atoms with Crippen LogP contribution in [0.3, 0.4) is 0 Å². The van der Waals surface area contributed by atoms with Gasteiger partial charge in [-0.25, -0.2) is 14.8 Å². The van der Waals surface area contributed by atoms with Crippen molar-refractivity contribution in [1.82, 2.24) is 15.3 Å². The summed E-state index contributed by atoms with van der Waals surface area (Å²) in [5.41, 5.74) is 1.00. The number of hydrogen-bond donors (Lipinski definition) is 1. The molecule has 0 aromatic carbocycles. The van der Waals surface area contributed by atoms with Gasteiger partial charge in [-0.05, 0) is 32.6 Å². The van der Waals surface area contributed by atoms with E-state index >= 15 is 0 Å². The van der Waals surface area contributed by atoms with E-state index in [-0.39, 0.29) is 17.7 Å². The standard InChI is InChI=1S/C18H25N3O3S/c1-11-15(18(23)24-2)17(21-16(19-11)12-8-9-12)25-10-14(22)20-13-6-4-3-5-7-13/h12-13H,3-10H2,1-2H3,(H,20,22). The number of thioether (sulfide) groups is 1. The maximum Gasteiger partial charge on any atom is 0.342 e. The molecule has 2 aliphatic rings. The Morgan fingerprint density at radius 3 is 2.52 bits per heavy atom. The van der Waals surface area contributed by atoms with Gasteiger partial charge in [-0.15, -0.1) is 0 Å². The van der Waals surface area contributed by atoms with E-state index in [1.54, 1.807) is 6.92 Å². The van der Waals surface area contributed by atoms with Crippen LogP contribution in [0.4, 0.5) is 0 Å². The third-order valence-corrected chi connectivity index (χ3v) is 5.69. The lowest BCUT2D eigenvalue weighted by molar-refractivity contribution is -0.119. The third kappa shape index (κ3) is 4.71. The number of ether oxygens (including phenoxy) is 1. The number of carbonyl (C=O) groups is 2. The average Bonchev–Trinajstić information content (AvgIpc) is 3.45. The highest BCUT2D eigenvalue weighted by atomic mass is 32.2. The Kier molecular flexibility index (Phi) is 5.93. The topological polar surface area (TPSA) is 81.2 Å². The fourth-order valence-corrected chi connectivity index (χ4v) is 4.07. The number of carbonyl (C=O) groups excluding carboxylic acids is 2. The molecule has 0 spiro atoms. The molecule has 0 unspecified atom stereocenters. The van der Waals surface area contributed by atoms with E-state index in [4.69, 9.17) is 4.74 Å². The molecule has 7 heteroatoms. The second-order valence-electron chi connectivity index (χ2n) is 6.80. The second-order valence-corrected chi connectivity index (χ2v) is 7.77. The van der Waals surface area contributed by atoms with Crippen LogP contribution >= 0.6 is 11.8 Å². The van der Waals surface area contributed by atoms with Gasteiger partial charge in [-0.3, -0.25) is 4.79 Å². The van der Waals surface area contributed by atoms with E-state index in [9.17, 15) is 9.59 Å². The highest BCUT2D eigenvalue weighted by Gasteiger charge is 2.30. The van der Waals surface area contributed by atoms with Crippen molar-refractivity contribution in [2.75, 3.05) is 12.9 Å². The van der Waals surface area contributed by atoms with Gasteiger partial charge in [-0.1, -0.05) is 31.0 Å². The fraction of sp³-hybridized carbons (Fsp3) is 0.667. The summed E-state index contributed by atoms with van der Waals surface area (Å²) in [6, 6.07) is 0.288. The van der Waals surface area contributed by atoms with E-state index < -0.39 is 5.97 Å². The number of nitrogens with zero attached hydrogens (tertiary/aromatic N) is 2. The third-order valence-electron chi connectivity index (χ3n) is 4.72. The smallest absolute Gasteiger partial charge is 0.342 e. The van der Waals surface area contributed by atoms with Crippen LogP contribution in [0.2, 0.25) is 0 Å². The first-order valence-corrected chi connectivity index (χ1v) is 9.96. The molecule has 136 valence electrons. The van der Waals surface area contributed by atoms with Crippen molar-refractivity contribution in [3.05, 3.63) is 17.1 Å². The lowest BCUT2D eigenvalue weighted by Crippen LogP contribution is -2.37. The largest absolute Gasteiger partial charge is 0.465 e. The molecule has 0 atom stereocenters. The lowest BCUT2D eigenvalue weighted by Gasteiger charge is -2.22. The maximum absolute atomic E-state index is 12.3. The molecule has 0 saturated heterocycles. The van der Waals surface area contributed by atoms with Gasteiger partial charge in [0.05, 0.1) is 18.6 Å². The molecule has 3 rings (SSSR count). The number of esters is 1.